The number of benzene rings is 1. The molecule has 0 aliphatic carbocycles. The fourth-order valence-electron chi connectivity index (χ4n) is 1.32. The maximum Gasteiger partial charge on any atom is 0.161 e. The van der Waals surface area contributed by atoms with Gasteiger partial charge in [0.1, 0.15) is 0 Å². The van der Waals surface area contributed by atoms with E-state index in [2.05, 4.69) is 6.92 Å². The Labute approximate surface area is 96.9 Å². The normalized spacial score (nSPS) is 10.7. The zero-order chi connectivity index (χ0) is 11.8. The van der Waals surface area contributed by atoms with E-state index >= 15 is 0 Å². The van der Waals surface area contributed by atoms with Gasteiger partial charge >= 0.3 is 0 Å². The van der Waals surface area contributed by atoms with Gasteiger partial charge in [0.2, 0.25) is 0 Å². The van der Waals surface area contributed by atoms with Crippen LogP contribution in [0.2, 0.25) is 0 Å². The number of nitrogens with two attached hydrogens (primary N) is 1. The minimum Gasteiger partial charge on any atom is -0.493 e. The molecule has 0 unspecified atom stereocenters. The molecule has 2 N–H and O–H groups in total. The first-order valence-electron chi connectivity index (χ1n) is 5.49. The molecule has 0 amide bonds. The van der Waals surface area contributed by atoms with Crippen LogP contribution in [0, 0.1) is 0 Å². The van der Waals surface area contributed by atoms with Crippen molar-refractivity contribution in [1.82, 2.24) is 0 Å². The Morgan fingerprint density at radius 3 is 2.75 bits per heavy atom. The molecule has 88 valence electrons. The molecule has 0 aromatic heterocycles. The summed E-state index contributed by atoms with van der Waals surface area (Å²) in [4.78, 5) is 0. The van der Waals surface area contributed by atoms with Crippen LogP contribution < -0.4 is 15.2 Å². The standard InChI is InChI=1S/C13H19NO2/c1-3-9-16-12-7-6-11(5-4-8-14)10-13(12)15-2/h4-7,10H,3,8-9,14H2,1-2H3. The van der Waals surface area contributed by atoms with Crippen LogP contribution in [0.25, 0.3) is 6.08 Å². The van der Waals surface area contributed by atoms with Gasteiger partial charge in [0, 0.05) is 6.54 Å². The van der Waals surface area contributed by atoms with Crippen LogP contribution in [0.1, 0.15) is 18.9 Å². The summed E-state index contributed by atoms with van der Waals surface area (Å²) in [5.41, 5.74) is 6.46. The van der Waals surface area contributed by atoms with Gasteiger partial charge in [0.25, 0.3) is 0 Å². The molecule has 0 saturated heterocycles. The van der Waals surface area contributed by atoms with Crippen molar-refractivity contribution in [3.63, 3.8) is 0 Å². The SMILES string of the molecule is CCCOc1ccc(C=CCN)cc1OC. The Morgan fingerprint density at radius 1 is 1.31 bits per heavy atom. The van der Waals surface area contributed by atoms with Crippen LogP contribution >= 0.6 is 0 Å². The quantitative estimate of drug-likeness (QED) is 0.802. The molecule has 0 saturated carbocycles. The van der Waals surface area contributed by atoms with Gasteiger partial charge in [-0.05, 0) is 24.1 Å². The van der Waals surface area contributed by atoms with E-state index in [-0.39, 0.29) is 0 Å². The molecular weight excluding hydrogens is 202 g/mol. The van der Waals surface area contributed by atoms with Crippen LogP contribution in [0.15, 0.2) is 24.3 Å². The van der Waals surface area contributed by atoms with Crippen LogP contribution in [0.5, 0.6) is 11.5 Å². The molecule has 16 heavy (non-hydrogen) atoms. The maximum absolute atomic E-state index is 5.56. The molecule has 0 heterocycles. The highest BCUT2D eigenvalue weighted by Crippen LogP contribution is 2.28. The summed E-state index contributed by atoms with van der Waals surface area (Å²) in [6, 6.07) is 5.85. The van der Waals surface area contributed by atoms with Crippen molar-refractivity contribution in [2.75, 3.05) is 20.3 Å². The van der Waals surface area contributed by atoms with Gasteiger partial charge in [-0.15, -0.1) is 0 Å². The van der Waals surface area contributed by atoms with E-state index in [1.165, 1.54) is 0 Å². The first-order chi connectivity index (χ1) is 7.81. The molecule has 0 radical (unpaired) electrons. The minimum atomic E-state index is 0.538. The van der Waals surface area contributed by atoms with Gasteiger partial charge in [0.15, 0.2) is 11.5 Å². The molecule has 0 spiro atoms. The Hall–Kier alpha value is -1.48. The van der Waals surface area contributed by atoms with Crippen LogP contribution in [-0.2, 0) is 0 Å². The van der Waals surface area contributed by atoms with Crippen molar-refractivity contribution in [1.29, 1.82) is 0 Å². The van der Waals surface area contributed by atoms with Gasteiger partial charge in [-0.1, -0.05) is 25.1 Å². The predicted molar refractivity (Wildman–Crippen MR) is 66.9 cm³/mol. The highest BCUT2D eigenvalue weighted by atomic mass is 16.5. The van der Waals surface area contributed by atoms with Gasteiger partial charge in [-0.3, -0.25) is 0 Å². The minimum absolute atomic E-state index is 0.538. The zero-order valence-corrected chi connectivity index (χ0v) is 9.90. The van der Waals surface area contributed by atoms with E-state index < -0.39 is 0 Å². The Kier molecular flexibility index (Phi) is 5.43. The summed E-state index contributed by atoms with van der Waals surface area (Å²) in [5.74, 6) is 1.54. The van der Waals surface area contributed by atoms with Crippen molar-refractivity contribution < 1.29 is 9.47 Å². The molecule has 0 aliphatic rings. The summed E-state index contributed by atoms with van der Waals surface area (Å²) in [6.07, 6.45) is 4.85. The number of hydrogen-bond acceptors (Lipinski definition) is 3. The number of ether oxygens (including phenoxy) is 2. The summed E-state index contributed by atoms with van der Waals surface area (Å²) in [7, 11) is 1.64. The summed E-state index contributed by atoms with van der Waals surface area (Å²) >= 11 is 0. The van der Waals surface area contributed by atoms with E-state index in [1.54, 1.807) is 7.11 Å². The number of methoxy groups -OCH3 is 1. The van der Waals surface area contributed by atoms with Crippen LogP contribution in [0.3, 0.4) is 0 Å². The summed E-state index contributed by atoms with van der Waals surface area (Å²) < 4.78 is 10.8. The second-order valence-electron chi connectivity index (χ2n) is 3.40. The van der Waals surface area contributed by atoms with Crippen molar-refractivity contribution in [3.05, 3.63) is 29.8 Å². The van der Waals surface area contributed by atoms with Crippen molar-refractivity contribution in [2.45, 2.75) is 13.3 Å². The van der Waals surface area contributed by atoms with E-state index in [1.807, 2.05) is 30.4 Å². The molecule has 1 aromatic carbocycles. The third-order valence-corrected chi connectivity index (χ3v) is 2.10. The summed E-state index contributed by atoms with van der Waals surface area (Å²) in [5, 5.41) is 0. The molecule has 0 bridgehead atoms. The van der Waals surface area contributed by atoms with Crippen molar-refractivity contribution in [2.24, 2.45) is 5.73 Å². The molecule has 0 fully saturated rings. The highest BCUT2D eigenvalue weighted by molar-refractivity contribution is 5.55. The molecule has 1 rings (SSSR count). The van der Waals surface area contributed by atoms with Gasteiger partial charge in [-0.2, -0.15) is 0 Å². The molecule has 3 heteroatoms. The zero-order valence-electron chi connectivity index (χ0n) is 9.90. The third-order valence-electron chi connectivity index (χ3n) is 2.10. The van der Waals surface area contributed by atoms with E-state index in [4.69, 9.17) is 15.2 Å². The lowest BCUT2D eigenvalue weighted by molar-refractivity contribution is 0.294. The maximum atomic E-state index is 5.56. The second-order valence-corrected chi connectivity index (χ2v) is 3.40. The summed E-state index contributed by atoms with van der Waals surface area (Å²) in [6.45, 7) is 3.32. The first-order valence-corrected chi connectivity index (χ1v) is 5.49. The van der Waals surface area contributed by atoms with Crippen molar-refractivity contribution >= 4 is 6.08 Å². The molecule has 0 atom stereocenters. The predicted octanol–water partition coefficient (Wildman–Crippen LogP) is 2.46. The van der Waals surface area contributed by atoms with E-state index in [9.17, 15) is 0 Å². The van der Waals surface area contributed by atoms with Crippen LogP contribution in [-0.4, -0.2) is 20.3 Å². The van der Waals surface area contributed by atoms with Gasteiger partial charge in [-0.25, -0.2) is 0 Å². The Bertz CT molecular complexity index is 348. The third kappa shape index (κ3) is 3.59. The lowest BCUT2D eigenvalue weighted by Crippen LogP contribution is -1.98. The van der Waals surface area contributed by atoms with E-state index in [0.717, 1.165) is 23.5 Å². The fraction of sp³-hybridized carbons (Fsp3) is 0.385. The van der Waals surface area contributed by atoms with Gasteiger partial charge in [0.05, 0.1) is 13.7 Å². The second kappa shape index (κ2) is 6.90. The Morgan fingerprint density at radius 2 is 2.12 bits per heavy atom. The molecule has 1 aromatic rings. The molecule has 0 aliphatic heterocycles. The smallest absolute Gasteiger partial charge is 0.161 e. The Balaban J connectivity index is 2.83. The van der Waals surface area contributed by atoms with Crippen LogP contribution in [0.4, 0.5) is 0 Å². The first kappa shape index (κ1) is 12.6. The lowest BCUT2D eigenvalue weighted by atomic mass is 10.2. The highest BCUT2D eigenvalue weighted by Gasteiger charge is 2.03. The monoisotopic (exact) mass is 221 g/mol. The lowest BCUT2D eigenvalue weighted by Gasteiger charge is -2.10. The van der Waals surface area contributed by atoms with E-state index in [0.29, 0.717) is 13.2 Å². The topological polar surface area (TPSA) is 44.5 Å². The van der Waals surface area contributed by atoms with Gasteiger partial charge < -0.3 is 15.2 Å². The number of rotatable bonds is 6. The largest absolute Gasteiger partial charge is 0.493 e. The average molecular weight is 221 g/mol. The van der Waals surface area contributed by atoms with Crippen molar-refractivity contribution in [3.8, 4) is 11.5 Å². The average Bonchev–Trinajstić information content (AvgIpc) is 2.34. The molecular formula is C13H19NO2. The fourth-order valence-corrected chi connectivity index (χ4v) is 1.32. The molecule has 3 nitrogen and oxygen atoms in total. The number of hydrogen-bond donors (Lipinski definition) is 1.